The summed E-state index contributed by atoms with van der Waals surface area (Å²) in [5, 5.41) is 0.940. The molecule has 33 heavy (non-hydrogen) atoms. The molecule has 9 heteroatoms. The number of hydrogen-bond donors (Lipinski definition) is 0. The summed E-state index contributed by atoms with van der Waals surface area (Å²) >= 11 is 1.56. The van der Waals surface area contributed by atoms with Crippen molar-refractivity contribution in [2.75, 3.05) is 33.2 Å². The fourth-order valence-electron chi connectivity index (χ4n) is 4.76. The predicted molar refractivity (Wildman–Crippen MR) is 132 cm³/mol. The van der Waals surface area contributed by atoms with E-state index in [-0.39, 0.29) is 11.9 Å². The first-order chi connectivity index (χ1) is 15.8. The van der Waals surface area contributed by atoms with Crippen LogP contribution in [0, 0.1) is 13.8 Å². The molecular weight excluding hydrogens is 456 g/mol. The van der Waals surface area contributed by atoms with Gasteiger partial charge in [-0.3, -0.25) is 4.79 Å². The van der Waals surface area contributed by atoms with Crippen LogP contribution in [0.1, 0.15) is 47.6 Å². The van der Waals surface area contributed by atoms with Gasteiger partial charge in [-0.05, 0) is 26.7 Å². The van der Waals surface area contributed by atoms with E-state index >= 15 is 0 Å². The molecule has 0 atom stereocenters. The third-order valence-electron chi connectivity index (χ3n) is 6.81. The first-order valence-corrected chi connectivity index (χ1v) is 14.0. The highest BCUT2D eigenvalue weighted by Gasteiger charge is 2.35. The minimum absolute atomic E-state index is 0.0321. The van der Waals surface area contributed by atoms with E-state index in [4.69, 9.17) is 0 Å². The Bertz CT molecular complexity index is 1070. The second kappa shape index (κ2) is 10.2. The summed E-state index contributed by atoms with van der Waals surface area (Å²) in [6, 6.07) is 8.30. The van der Waals surface area contributed by atoms with Crippen molar-refractivity contribution in [3.63, 3.8) is 0 Å². The van der Waals surface area contributed by atoms with Crippen LogP contribution in [0.3, 0.4) is 0 Å². The van der Waals surface area contributed by atoms with Crippen molar-refractivity contribution in [1.29, 1.82) is 0 Å². The highest BCUT2D eigenvalue weighted by molar-refractivity contribution is 7.86. The molecule has 2 fully saturated rings. The molecule has 1 saturated heterocycles. The molecule has 4 rings (SSSR count). The largest absolute Gasteiger partial charge is 0.340 e. The summed E-state index contributed by atoms with van der Waals surface area (Å²) in [4.78, 5) is 20.5. The van der Waals surface area contributed by atoms with E-state index in [2.05, 4.69) is 17.1 Å². The molecule has 1 aliphatic heterocycles. The van der Waals surface area contributed by atoms with Crippen LogP contribution in [0.2, 0.25) is 0 Å². The Hall–Kier alpha value is -1.81. The van der Waals surface area contributed by atoms with Gasteiger partial charge < -0.3 is 4.90 Å². The summed E-state index contributed by atoms with van der Waals surface area (Å²) in [6.45, 7) is 5.55. The molecule has 2 heterocycles. The minimum atomic E-state index is -3.49. The van der Waals surface area contributed by atoms with Crippen LogP contribution in [-0.4, -0.2) is 72.1 Å². The van der Waals surface area contributed by atoms with Gasteiger partial charge in [0.15, 0.2) is 0 Å². The van der Waals surface area contributed by atoms with Crippen molar-refractivity contribution in [3.05, 3.63) is 39.7 Å². The SMILES string of the molecule is Cc1ccc(-c2nc(C)sc2CC(=O)N2CCN(S(=O)(=O)N(C)C3CCCCC3)CC2)cc1. The Morgan fingerprint density at radius 2 is 1.70 bits per heavy atom. The Morgan fingerprint density at radius 3 is 2.33 bits per heavy atom. The number of amides is 1. The van der Waals surface area contributed by atoms with E-state index in [1.54, 1.807) is 31.9 Å². The normalized spacial score (nSPS) is 18.7. The standard InChI is InChI=1S/C24H34N4O3S2/c1-18-9-11-20(12-10-18)24-22(32-19(2)25-24)17-23(29)27-13-15-28(16-14-27)33(30,31)26(3)21-7-5-4-6-8-21/h9-12,21H,4-8,13-17H2,1-3H3. The number of rotatable bonds is 6. The fourth-order valence-corrected chi connectivity index (χ4v) is 7.28. The lowest BCUT2D eigenvalue weighted by Gasteiger charge is -2.38. The first kappa shape index (κ1) is 24.3. The van der Waals surface area contributed by atoms with Gasteiger partial charge in [0.05, 0.1) is 17.1 Å². The maximum atomic E-state index is 13.1. The highest BCUT2D eigenvalue weighted by atomic mass is 32.2. The summed E-state index contributed by atoms with van der Waals surface area (Å²) in [6.07, 6.45) is 5.54. The van der Waals surface area contributed by atoms with Crippen LogP contribution in [0.5, 0.6) is 0 Å². The molecule has 1 aromatic heterocycles. The van der Waals surface area contributed by atoms with E-state index in [1.807, 2.05) is 26.0 Å². The van der Waals surface area contributed by atoms with Crippen LogP contribution < -0.4 is 0 Å². The average Bonchev–Trinajstić information content (AvgIpc) is 3.19. The molecule has 0 bridgehead atoms. The minimum Gasteiger partial charge on any atom is -0.340 e. The molecular formula is C24H34N4O3S2. The molecule has 1 saturated carbocycles. The second-order valence-electron chi connectivity index (χ2n) is 9.14. The lowest BCUT2D eigenvalue weighted by Crippen LogP contribution is -2.55. The van der Waals surface area contributed by atoms with Crippen molar-refractivity contribution in [2.24, 2.45) is 0 Å². The summed E-state index contributed by atoms with van der Waals surface area (Å²) in [7, 11) is -1.78. The Kier molecular flexibility index (Phi) is 7.53. The lowest BCUT2D eigenvalue weighted by molar-refractivity contribution is -0.131. The van der Waals surface area contributed by atoms with Crippen molar-refractivity contribution >= 4 is 27.5 Å². The van der Waals surface area contributed by atoms with Gasteiger partial charge >= 0.3 is 0 Å². The van der Waals surface area contributed by atoms with Crippen molar-refractivity contribution in [2.45, 2.75) is 58.4 Å². The number of thiazole rings is 1. The molecule has 2 aliphatic rings. The van der Waals surface area contributed by atoms with E-state index in [0.29, 0.717) is 32.6 Å². The summed E-state index contributed by atoms with van der Waals surface area (Å²) < 4.78 is 29.4. The molecule has 7 nitrogen and oxygen atoms in total. The molecule has 180 valence electrons. The van der Waals surface area contributed by atoms with E-state index in [9.17, 15) is 13.2 Å². The molecule has 2 aromatic rings. The predicted octanol–water partition coefficient (Wildman–Crippen LogP) is 3.62. The second-order valence-corrected chi connectivity index (χ2v) is 12.4. The van der Waals surface area contributed by atoms with Gasteiger partial charge in [-0.1, -0.05) is 49.1 Å². The smallest absolute Gasteiger partial charge is 0.282 e. The number of hydrogen-bond acceptors (Lipinski definition) is 5. The van der Waals surface area contributed by atoms with E-state index in [1.165, 1.54) is 12.0 Å². The van der Waals surface area contributed by atoms with Crippen LogP contribution in [0.4, 0.5) is 0 Å². The average molecular weight is 491 g/mol. The number of aryl methyl sites for hydroxylation is 2. The highest BCUT2D eigenvalue weighted by Crippen LogP contribution is 2.30. The summed E-state index contributed by atoms with van der Waals surface area (Å²) in [5.74, 6) is 0.0321. The molecule has 0 radical (unpaired) electrons. The van der Waals surface area contributed by atoms with Gasteiger partial charge in [-0.15, -0.1) is 11.3 Å². The zero-order valence-electron chi connectivity index (χ0n) is 19.8. The Balaban J connectivity index is 1.38. The van der Waals surface area contributed by atoms with Crippen molar-refractivity contribution in [1.82, 2.24) is 18.5 Å². The number of nitrogens with zero attached hydrogens (tertiary/aromatic N) is 4. The molecule has 1 aromatic carbocycles. The van der Waals surface area contributed by atoms with Gasteiger partial charge in [-0.2, -0.15) is 17.0 Å². The van der Waals surface area contributed by atoms with Crippen molar-refractivity contribution in [3.8, 4) is 11.3 Å². The van der Waals surface area contributed by atoms with Crippen LogP contribution in [-0.2, 0) is 21.4 Å². The Labute approximate surface area is 201 Å². The summed E-state index contributed by atoms with van der Waals surface area (Å²) in [5.41, 5.74) is 3.08. The third kappa shape index (κ3) is 5.48. The van der Waals surface area contributed by atoms with Gasteiger partial charge in [-0.25, -0.2) is 4.98 Å². The number of carbonyl (C=O) groups excluding carboxylic acids is 1. The number of piperazine rings is 1. The van der Waals surface area contributed by atoms with Crippen LogP contribution in [0.25, 0.3) is 11.3 Å². The number of carbonyl (C=O) groups is 1. The maximum Gasteiger partial charge on any atom is 0.282 e. The molecule has 0 spiro atoms. The van der Waals surface area contributed by atoms with Crippen molar-refractivity contribution < 1.29 is 13.2 Å². The first-order valence-electron chi connectivity index (χ1n) is 11.8. The Morgan fingerprint density at radius 1 is 1.06 bits per heavy atom. The van der Waals surface area contributed by atoms with Crippen LogP contribution >= 0.6 is 11.3 Å². The molecule has 0 N–H and O–H groups in total. The number of benzene rings is 1. The zero-order valence-corrected chi connectivity index (χ0v) is 21.4. The van der Waals surface area contributed by atoms with Gasteiger partial charge in [0.2, 0.25) is 5.91 Å². The quantitative estimate of drug-likeness (QED) is 0.620. The van der Waals surface area contributed by atoms with E-state index in [0.717, 1.165) is 46.8 Å². The zero-order chi connectivity index (χ0) is 23.6. The molecule has 0 unspecified atom stereocenters. The molecule has 1 amide bonds. The van der Waals surface area contributed by atoms with Gasteiger partial charge in [0.1, 0.15) is 0 Å². The monoisotopic (exact) mass is 490 g/mol. The van der Waals surface area contributed by atoms with Gasteiger partial charge in [0.25, 0.3) is 10.2 Å². The van der Waals surface area contributed by atoms with Gasteiger partial charge in [0, 0.05) is 49.7 Å². The lowest BCUT2D eigenvalue weighted by atomic mass is 9.96. The van der Waals surface area contributed by atoms with E-state index < -0.39 is 10.2 Å². The fraction of sp³-hybridized carbons (Fsp3) is 0.583. The maximum absolute atomic E-state index is 13.1. The topological polar surface area (TPSA) is 73.8 Å². The molecule has 1 aliphatic carbocycles. The number of aromatic nitrogens is 1. The van der Waals surface area contributed by atoms with Crippen LogP contribution in [0.15, 0.2) is 24.3 Å². The third-order valence-corrected chi connectivity index (χ3v) is 9.83.